The van der Waals surface area contributed by atoms with Crippen molar-refractivity contribution in [2.75, 3.05) is 26.2 Å². The first-order valence-corrected chi connectivity index (χ1v) is 14.8. The SMILES string of the molecule is CC(=O)NCCCCCC(=O)NCc1ccc([C@@H]2O[C@H](CN3CC[C@H](O)C3)[C@H](C)[C@H](c3ccc(CO)cc3)O2)cc1. The van der Waals surface area contributed by atoms with Crippen LogP contribution >= 0.6 is 0 Å². The third kappa shape index (κ3) is 9.34. The van der Waals surface area contributed by atoms with Gasteiger partial charge in [-0.15, -0.1) is 0 Å². The summed E-state index contributed by atoms with van der Waals surface area (Å²) in [5, 5.41) is 25.3. The zero-order chi connectivity index (χ0) is 29.2. The number of aliphatic hydroxyl groups excluding tert-OH is 2. The van der Waals surface area contributed by atoms with Crippen molar-refractivity contribution in [2.24, 2.45) is 5.92 Å². The fourth-order valence-corrected chi connectivity index (χ4v) is 5.49. The van der Waals surface area contributed by atoms with E-state index in [0.29, 0.717) is 26.1 Å². The number of hydrogen-bond donors (Lipinski definition) is 4. The number of carbonyl (C=O) groups is 2. The molecule has 4 N–H and O–H groups in total. The number of amides is 2. The standard InChI is InChI=1S/C32H45N3O6/c1-22-29(20-35-17-15-28(38)19-35)40-32(41-31(22)26-11-9-25(21-36)10-12-26)27-13-7-24(8-14-27)18-34-30(39)6-4-3-5-16-33-23(2)37/h7-14,22,28-29,31-32,36,38H,3-6,15-21H2,1-2H3,(H,33,37)(H,34,39)/t22-,28-,29+,31+,32+/m0/s1. The molecule has 2 amide bonds. The van der Waals surface area contributed by atoms with Gasteiger partial charge in [0.15, 0.2) is 6.29 Å². The summed E-state index contributed by atoms with van der Waals surface area (Å²) in [6.07, 6.45) is 2.70. The number of ether oxygens (including phenoxy) is 2. The molecule has 0 bridgehead atoms. The molecule has 0 aliphatic carbocycles. The predicted octanol–water partition coefficient (Wildman–Crippen LogP) is 3.35. The number of aliphatic hydroxyl groups is 2. The van der Waals surface area contributed by atoms with Crippen molar-refractivity contribution < 1.29 is 29.3 Å². The van der Waals surface area contributed by atoms with E-state index in [-0.39, 0.29) is 42.7 Å². The Labute approximate surface area is 243 Å². The molecule has 41 heavy (non-hydrogen) atoms. The average molecular weight is 568 g/mol. The molecule has 2 saturated heterocycles. The Bertz CT molecular complexity index is 1110. The topological polar surface area (TPSA) is 120 Å². The molecule has 0 saturated carbocycles. The van der Waals surface area contributed by atoms with Crippen LogP contribution < -0.4 is 10.6 Å². The molecule has 2 heterocycles. The van der Waals surface area contributed by atoms with Crippen LogP contribution in [0.25, 0.3) is 0 Å². The van der Waals surface area contributed by atoms with Gasteiger partial charge in [-0.3, -0.25) is 14.5 Å². The molecule has 9 heteroatoms. The van der Waals surface area contributed by atoms with Crippen molar-refractivity contribution in [3.8, 4) is 0 Å². The second kappa shape index (κ2) is 15.4. The van der Waals surface area contributed by atoms with Gasteiger partial charge in [0, 0.05) is 57.5 Å². The number of nitrogens with zero attached hydrogens (tertiary/aromatic N) is 1. The fraction of sp³-hybridized carbons (Fsp3) is 0.562. The van der Waals surface area contributed by atoms with Crippen LogP contribution in [-0.2, 0) is 32.2 Å². The zero-order valence-corrected chi connectivity index (χ0v) is 24.3. The highest BCUT2D eigenvalue weighted by atomic mass is 16.7. The summed E-state index contributed by atoms with van der Waals surface area (Å²) in [6, 6.07) is 15.9. The summed E-state index contributed by atoms with van der Waals surface area (Å²) in [5.74, 6) is 0.0799. The quantitative estimate of drug-likeness (QED) is 0.274. The number of carbonyl (C=O) groups excluding carboxylic acids is 2. The number of nitrogens with one attached hydrogen (secondary N) is 2. The Morgan fingerprint density at radius 2 is 1.66 bits per heavy atom. The molecule has 4 rings (SSSR count). The van der Waals surface area contributed by atoms with Crippen molar-refractivity contribution in [3.63, 3.8) is 0 Å². The van der Waals surface area contributed by atoms with E-state index >= 15 is 0 Å². The van der Waals surface area contributed by atoms with Crippen LogP contribution in [0.15, 0.2) is 48.5 Å². The van der Waals surface area contributed by atoms with E-state index in [2.05, 4.69) is 22.5 Å². The van der Waals surface area contributed by atoms with Gasteiger partial charge in [0.25, 0.3) is 0 Å². The third-order valence-corrected chi connectivity index (χ3v) is 8.01. The van der Waals surface area contributed by atoms with E-state index in [0.717, 1.165) is 61.0 Å². The summed E-state index contributed by atoms with van der Waals surface area (Å²) in [5.41, 5.74) is 3.81. The Kier molecular flexibility index (Phi) is 11.7. The van der Waals surface area contributed by atoms with E-state index in [1.165, 1.54) is 6.92 Å². The summed E-state index contributed by atoms with van der Waals surface area (Å²) in [4.78, 5) is 25.4. The first kappa shape index (κ1) is 31.1. The Balaban J connectivity index is 1.34. The maximum atomic E-state index is 12.3. The molecule has 0 spiro atoms. The largest absolute Gasteiger partial charge is 0.392 e. The highest BCUT2D eigenvalue weighted by molar-refractivity contribution is 5.75. The van der Waals surface area contributed by atoms with Gasteiger partial charge >= 0.3 is 0 Å². The first-order valence-electron chi connectivity index (χ1n) is 14.8. The predicted molar refractivity (Wildman–Crippen MR) is 155 cm³/mol. The molecular formula is C32H45N3O6. The molecule has 2 fully saturated rings. The minimum absolute atomic E-state index is 0.000256. The van der Waals surface area contributed by atoms with Crippen LogP contribution in [0.2, 0.25) is 0 Å². The lowest BCUT2D eigenvalue weighted by atomic mass is 9.90. The third-order valence-electron chi connectivity index (χ3n) is 8.01. The van der Waals surface area contributed by atoms with Crippen LogP contribution in [0.1, 0.15) is 80.6 Å². The zero-order valence-electron chi connectivity index (χ0n) is 24.3. The normalized spacial score (nSPS) is 24.7. The van der Waals surface area contributed by atoms with Gasteiger partial charge in [0.05, 0.1) is 24.9 Å². The lowest BCUT2D eigenvalue weighted by Crippen LogP contribution is -2.44. The van der Waals surface area contributed by atoms with E-state index < -0.39 is 6.29 Å². The van der Waals surface area contributed by atoms with E-state index in [1.54, 1.807) is 0 Å². The number of unbranched alkanes of at least 4 members (excludes halogenated alkanes) is 2. The molecule has 5 atom stereocenters. The molecule has 2 aliphatic rings. The van der Waals surface area contributed by atoms with Crippen LogP contribution in [0.5, 0.6) is 0 Å². The van der Waals surface area contributed by atoms with E-state index in [9.17, 15) is 19.8 Å². The summed E-state index contributed by atoms with van der Waals surface area (Å²) in [7, 11) is 0. The molecule has 2 aromatic rings. The highest BCUT2D eigenvalue weighted by Crippen LogP contribution is 2.42. The maximum Gasteiger partial charge on any atom is 0.220 e. The van der Waals surface area contributed by atoms with Gasteiger partial charge in [0.2, 0.25) is 11.8 Å². The van der Waals surface area contributed by atoms with Gasteiger partial charge in [-0.05, 0) is 36.0 Å². The number of hydrogen-bond acceptors (Lipinski definition) is 7. The number of benzene rings is 2. The molecule has 9 nitrogen and oxygen atoms in total. The molecule has 0 radical (unpaired) electrons. The van der Waals surface area contributed by atoms with Crippen molar-refractivity contribution >= 4 is 11.8 Å². The molecular weight excluding hydrogens is 522 g/mol. The Morgan fingerprint density at radius 3 is 2.32 bits per heavy atom. The molecule has 0 aromatic heterocycles. The first-order chi connectivity index (χ1) is 19.8. The van der Waals surface area contributed by atoms with Gasteiger partial charge in [-0.2, -0.15) is 0 Å². The van der Waals surface area contributed by atoms with Crippen molar-refractivity contribution in [2.45, 2.75) is 83.7 Å². The van der Waals surface area contributed by atoms with Gasteiger partial charge in [-0.25, -0.2) is 0 Å². The van der Waals surface area contributed by atoms with E-state index in [4.69, 9.17) is 9.47 Å². The van der Waals surface area contributed by atoms with Gasteiger partial charge < -0.3 is 30.3 Å². The van der Waals surface area contributed by atoms with Crippen molar-refractivity contribution in [3.05, 3.63) is 70.8 Å². The molecule has 2 aromatic carbocycles. The van der Waals surface area contributed by atoms with Crippen LogP contribution in [0, 0.1) is 5.92 Å². The van der Waals surface area contributed by atoms with Crippen LogP contribution in [-0.4, -0.2) is 65.3 Å². The molecule has 224 valence electrons. The maximum absolute atomic E-state index is 12.3. The van der Waals surface area contributed by atoms with Gasteiger partial charge in [0.1, 0.15) is 0 Å². The minimum atomic E-state index is -0.549. The fourth-order valence-electron chi connectivity index (χ4n) is 5.49. The summed E-state index contributed by atoms with van der Waals surface area (Å²) >= 11 is 0. The van der Waals surface area contributed by atoms with E-state index in [1.807, 2.05) is 48.5 Å². The van der Waals surface area contributed by atoms with Gasteiger partial charge in [-0.1, -0.05) is 61.9 Å². The number of β-amino-alcohol motifs (C(OH)–C–C–N with tert-alkyl or cyclic N) is 1. The summed E-state index contributed by atoms with van der Waals surface area (Å²) < 4.78 is 13.1. The average Bonchev–Trinajstić information content (AvgIpc) is 3.39. The molecule has 0 unspecified atom stereocenters. The highest BCUT2D eigenvalue weighted by Gasteiger charge is 2.39. The van der Waals surface area contributed by atoms with Crippen LogP contribution in [0.3, 0.4) is 0 Å². The van der Waals surface area contributed by atoms with Crippen molar-refractivity contribution in [1.82, 2.24) is 15.5 Å². The summed E-state index contributed by atoms with van der Waals surface area (Å²) in [6.45, 7) is 6.99. The number of rotatable bonds is 13. The minimum Gasteiger partial charge on any atom is -0.392 e. The van der Waals surface area contributed by atoms with Crippen molar-refractivity contribution in [1.29, 1.82) is 0 Å². The second-order valence-electron chi connectivity index (χ2n) is 11.3. The smallest absolute Gasteiger partial charge is 0.220 e. The monoisotopic (exact) mass is 567 g/mol. The number of likely N-dealkylation sites (tertiary alicyclic amines) is 1. The molecule has 2 aliphatic heterocycles. The van der Waals surface area contributed by atoms with Crippen LogP contribution in [0.4, 0.5) is 0 Å². The lowest BCUT2D eigenvalue weighted by Gasteiger charge is -2.42. The Hall–Kier alpha value is -2.82. The lowest BCUT2D eigenvalue weighted by molar-refractivity contribution is -0.276. The Morgan fingerprint density at radius 1 is 0.951 bits per heavy atom. The second-order valence-corrected chi connectivity index (χ2v) is 11.3.